The molecule has 0 N–H and O–H groups in total. The van der Waals surface area contributed by atoms with Gasteiger partial charge in [0, 0.05) is 19.4 Å². The number of nitrogens with zero attached hydrogens (tertiary/aromatic N) is 1. The summed E-state index contributed by atoms with van der Waals surface area (Å²) < 4.78 is 0. The van der Waals surface area contributed by atoms with Crippen LogP contribution in [0, 0.1) is 0 Å². The largest absolute Gasteiger partial charge is 0.283 e. The van der Waals surface area contributed by atoms with E-state index in [4.69, 9.17) is 0 Å². The first-order valence-electron chi connectivity index (χ1n) is 4.59. The fraction of sp³-hybridized carbons (Fsp3) is 0.778. The zero-order chi connectivity index (χ0) is 8.97. The van der Waals surface area contributed by atoms with Crippen LogP contribution in [0.2, 0.25) is 0 Å². The minimum absolute atomic E-state index is 0.0136. The SMILES string of the molecule is CCCCN1C(=O)CCCC1=O. The number of hydrogen-bond donors (Lipinski definition) is 0. The van der Waals surface area contributed by atoms with Gasteiger partial charge in [0.05, 0.1) is 0 Å². The predicted octanol–water partition coefficient (Wildman–Crippen LogP) is 1.33. The summed E-state index contributed by atoms with van der Waals surface area (Å²) in [4.78, 5) is 23.8. The molecule has 0 saturated carbocycles. The molecule has 3 nitrogen and oxygen atoms in total. The van der Waals surface area contributed by atoms with Gasteiger partial charge in [-0.1, -0.05) is 13.3 Å². The average Bonchev–Trinajstić information content (AvgIpc) is 2.04. The molecule has 0 bridgehead atoms. The maximum Gasteiger partial charge on any atom is 0.229 e. The Kier molecular flexibility index (Phi) is 3.26. The highest BCUT2D eigenvalue weighted by molar-refractivity contribution is 5.97. The number of amides is 2. The molecule has 1 fully saturated rings. The van der Waals surface area contributed by atoms with Gasteiger partial charge in [-0.15, -0.1) is 0 Å². The van der Waals surface area contributed by atoms with Crippen molar-refractivity contribution >= 4 is 11.8 Å². The number of imide groups is 1. The molecule has 0 spiro atoms. The smallest absolute Gasteiger partial charge is 0.229 e. The molecular weight excluding hydrogens is 154 g/mol. The Morgan fingerprint density at radius 1 is 1.25 bits per heavy atom. The summed E-state index contributed by atoms with van der Waals surface area (Å²) >= 11 is 0. The second-order valence-electron chi connectivity index (χ2n) is 3.15. The summed E-state index contributed by atoms with van der Waals surface area (Å²) in [6.45, 7) is 2.67. The lowest BCUT2D eigenvalue weighted by Gasteiger charge is -2.24. The lowest BCUT2D eigenvalue weighted by atomic mass is 10.1. The summed E-state index contributed by atoms with van der Waals surface area (Å²) in [5, 5.41) is 0. The van der Waals surface area contributed by atoms with Crippen molar-refractivity contribution < 1.29 is 9.59 Å². The van der Waals surface area contributed by atoms with Gasteiger partial charge in [0.1, 0.15) is 0 Å². The quantitative estimate of drug-likeness (QED) is 0.597. The van der Waals surface area contributed by atoms with Crippen LogP contribution in [0.15, 0.2) is 0 Å². The van der Waals surface area contributed by atoms with E-state index in [0.717, 1.165) is 19.3 Å². The summed E-state index contributed by atoms with van der Waals surface area (Å²) in [6.07, 6.45) is 3.79. The number of unbranched alkanes of at least 4 members (excludes halogenated alkanes) is 1. The van der Waals surface area contributed by atoms with Crippen LogP contribution in [-0.4, -0.2) is 23.3 Å². The molecule has 0 aliphatic carbocycles. The third kappa shape index (κ3) is 2.06. The minimum Gasteiger partial charge on any atom is -0.283 e. The van der Waals surface area contributed by atoms with Crippen molar-refractivity contribution in [1.82, 2.24) is 4.90 Å². The lowest BCUT2D eigenvalue weighted by molar-refractivity contribution is -0.147. The van der Waals surface area contributed by atoms with Gasteiger partial charge in [-0.3, -0.25) is 14.5 Å². The minimum atomic E-state index is 0.0136. The van der Waals surface area contributed by atoms with Crippen molar-refractivity contribution in [2.45, 2.75) is 39.0 Å². The highest BCUT2D eigenvalue weighted by Gasteiger charge is 2.24. The Morgan fingerprint density at radius 3 is 2.33 bits per heavy atom. The first-order chi connectivity index (χ1) is 5.75. The average molecular weight is 169 g/mol. The monoisotopic (exact) mass is 169 g/mol. The third-order valence-electron chi connectivity index (χ3n) is 2.12. The Bertz CT molecular complexity index is 173. The topological polar surface area (TPSA) is 37.4 Å². The van der Waals surface area contributed by atoms with E-state index in [9.17, 15) is 9.59 Å². The summed E-state index contributed by atoms with van der Waals surface area (Å²) in [5.74, 6) is 0.0272. The summed E-state index contributed by atoms with van der Waals surface area (Å²) in [5.41, 5.74) is 0. The van der Waals surface area contributed by atoms with E-state index >= 15 is 0 Å². The second kappa shape index (κ2) is 4.24. The number of rotatable bonds is 3. The van der Waals surface area contributed by atoms with E-state index in [-0.39, 0.29) is 11.8 Å². The van der Waals surface area contributed by atoms with E-state index in [0.29, 0.717) is 19.4 Å². The number of carbonyl (C=O) groups excluding carboxylic acids is 2. The maximum absolute atomic E-state index is 11.2. The van der Waals surface area contributed by atoms with Gasteiger partial charge in [0.25, 0.3) is 0 Å². The molecule has 1 aliphatic rings. The number of likely N-dealkylation sites (tertiary alicyclic amines) is 1. The van der Waals surface area contributed by atoms with Crippen LogP contribution >= 0.6 is 0 Å². The van der Waals surface area contributed by atoms with Gasteiger partial charge >= 0.3 is 0 Å². The molecule has 1 heterocycles. The second-order valence-corrected chi connectivity index (χ2v) is 3.15. The van der Waals surface area contributed by atoms with Crippen molar-refractivity contribution in [3.05, 3.63) is 0 Å². The molecule has 68 valence electrons. The van der Waals surface area contributed by atoms with E-state index in [2.05, 4.69) is 6.92 Å². The summed E-state index contributed by atoms with van der Waals surface area (Å²) in [6, 6.07) is 0. The van der Waals surface area contributed by atoms with E-state index in [1.165, 1.54) is 4.90 Å². The molecule has 1 saturated heterocycles. The van der Waals surface area contributed by atoms with Crippen molar-refractivity contribution in [2.24, 2.45) is 0 Å². The number of hydrogen-bond acceptors (Lipinski definition) is 2. The molecule has 1 rings (SSSR count). The first kappa shape index (κ1) is 9.23. The Hall–Kier alpha value is -0.860. The molecule has 0 aromatic rings. The van der Waals surface area contributed by atoms with Crippen molar-refractivity contribution in [2.75, 3.05) is 6.54 Å². The van der Waals surface area contributed by atoms with Crippen molar-refractivity contribution in [1.29, 1.82) is 0 Å². The van der Waals surface area contributed by atoms with Gasteiger partial charge in [-0.2, -0.15) is 0 Å². The van der Waals surface area contributed by atoms with Crippen LogP contribution in [0.4, 0.5) is 0 Å². The zero-order valence-corrected chi connectivity index (χ0v) is 7.51. The van der Waals surface area contributed by atoms with Crippen LogP contribution in [0.1, 0.15) is 39.0 Å². The molecule has 2 amide bonds. The van der Waals surface area contributed by atoms with E-state index in [1.54, 1.807) is 0 Å². The fourth-order valence-corrected chi connectivity index (χ4v) is 1.37. The van der Waals surface area contributed by atoms with Crippen LogP contribution in [-0.2, 0) is 9.59 Å². The van der Waals surface area contributed by atoms with Crippen LogP contribution in [0.25, 0.3) is 0 Å². The lowest BCUT2D eigenvalue weighted by Crippen LogP contribution is -2.40. The van der Waals surface area contributed by atoms with Gasteiger partial charge in [0.2, 0.25) is 11.8 Å². The normalized spacial score (nSPS) is 18.6. The van der Waals surface area contributed by atoms with Crippen molar-refractivity contribution in [3.8, 4) is 0 Å². The molecule has 0 unspecified atom stereocenters. The first-order valence-corrected chi connectivity index (χ1v) is 4.59. The van der Waals surface area contributed by atoms with Gasteiger partial charge in [0.15, 0.2) is 0 Å². The number of carbonyl (C=O) groups is 2. The van der Waals surface area contributed by atoms with E-state index in [1.807, 2.05) is 0 Å². The van der Waals surface area contributed by atoms with Crippen molar-refractivity contribution in [3.63, 3.8) is 0 Å². The van der Waals surface area contributed by atoms with Crippen LogP contribution in [0.3, 0.4) is 0 Å². The predicted molar refractivity (Wildman–Crippen MR) is 45.5 cm³/mol. The van der Waals surface area contributed by atoms with Gasteiger partial charge < -0.3 is 0 Å². The highest BCUT2D eigenvalue weighted by atomic mass is 16.2. The molecule has 0 aromatic carbocycles. The molecule has 1 aliphatic heterocycles. The molecule has 0 radical (unpaired) electrons. The Labute approximate surface area is 72.7 Å². The summed E-state index contributed by atoms with van der Waals surface area (Å²) in [7, 11) is 0. The zero-order valence-electron chi connectivity index (χ0n) is 7.51. The van der Waals surface area contributed by atoms with Gasteiger partial charge in [-0.05, 0) is 12.8 Å². The molecule has 0 atom stereocenters. The van der Waals surface area contributed by atoms with Gasteiger partial charge in [-0.25, -0.2) is 0 Å². The number of piperidine rings is 1. The highest BCUT2D eigenvalue weighted by Crippen LogP contribution is 2.12. The fourth-order valence-electron chi connectivity index (χ4n) is 1.37. The van der Waals surface area contributed by atoms with Crippen LogP contribution < -0.4 is 0 Å². The maximum atomic E-state index is 11.2. The Morgan fingerprint density at radius 2 is 1.83 bits per heavy atom. The molecule has 12 heavy (non-hydrogen) atoms. The third-order valence-corrected chi connectivity index (χ3v) is 2.12. The van der Waals surface area contributed by atoms with Crippen LogP contribution in [0.5, 0.6) is 0 Å². The molecule has 3 heteroatoms. The molecular formula is C9H15NO2. The van der Waals surface area contributed by atoms with E-state index < -0.39 is 0 Å². The Balaban J connectivity index is 2.45. The molecule has 0 aromatic heterocycles. The standard InChI is InChI=1S/C9H15NO2/c1-2-3-7-10-8(11)5-4-6-9(10)12/h2-7H2,1H3.